The second-order valence-corrected chi connectivity index (χ2v) is 11.1. The Balaban J connectivity index is 1.70. The first-order valence-electron chi connectivity index (χ1n) is 15.1. The molecule has 1 aliphatic heterocycles. The fraction of sp³-hybridized carbons (Fsp3) is 0.645. The van der Waals surface area contributed by atoms with Gasteiger partial charge in [0, 0.05) is 31.1 Å². The van der Waals surface area contributed by atoms with Crippen LogP contribution in [0.4, 0.5) is 5.82 Å². The summed E-state index contributed by atoms with van der Waals surface area (Å²) in [6.45, 7) is 7.28. The first-order valence-corrected chi connectivity index (χ1v) is 15.1. The van der Waals surface area contributed by atoms with E-state index in [-0.39, 0.29) is 30.5 Å². The van der Waals surface area contributed by atoms with Gasteiger partial charge >= 0.3 is 0 Å². The van der Waals surface area contributed by atoms with E-state index in [9.17, 15) is 9.59 Å². The van der Waals surface area contributed by atoms with Crippen LogP contribution in [0.3, 0.4) is 0 Å². The highest BCUT2D eigenvalue weighted by atomic mass is 16.5. The van der Waals surface area contributed by atoms with Crippen molar-refractivity contribution < 1.29 is 19.1 Å². The van der Waals surface area contributed by atoms with Gasteiger partial charge < -0.3 is 19.7 Å². The maximum atomic E-state index is 13.1. The summed E-state index contributed by atoms with van der Waals surface area (Å²) in [6.07, 6.45) is 10.5. The van der Waals surface area contributed by atoms with Crippen LogP contribution in [0, 0.1) is 0 Å². The number of carbonyl (C=O) groups is 2. The standard InChI is InChI=1S/C31H47N5O4/c1-5-24(6-2)36-26(31-27(39-3)14-11-15-28(31)40-4)21-29(33-36)35(22-37)25(16-19-34-17-8-7-9-18-34)20-30(38)32-23-12-10-13-23/h11,14-15,21-25H,5-10,12-13,16-20H2,1-4H3,(H,32,38)/t25-/m0/s1. The Kier molecular flexibility index (Phi) is 10.9. The lowest BCUT2D eigenvalue weighted by atomic mass is 9.93. The molecule has 2 aromatic rings. The van der Waals surface area contributed by atoms with Gasteiger partial charge in [-0.3, -0.25) is 19.2 Å². The molecular formula is C31H47N5O4. The maximum absolute atomic E-state index is 13.1. The number of anilines is 1. The third-order valence-electron chi connectivity index (χ3n) is 8.59. The molecule has 9 nitrogen and oxygen atoms in total. The zero-order valence-corrected chi connectivity index (χ0v) is 24.7. The first-order chi connectivity index (χ1) is 19.5. The lowest BCUT2D eigenvalue weighted by Crippen LogP contribution is -2.45. The van der Waals surface area contributed by atoms with Crippen molar-refractivity contribution in [3.05, 3.63) is 24.3 Å². The highest BCUT2D eigenvalue weighted by molar-refractivity contribution is 5.83. The monoisotopic (exact) mass is 553 g/mol. The van der Waals surface area contributed by atoms with Gasteiger partial charge in [-0.15, -0.1) is 0 Å². The van der Waals surface area contributed by atoms with Gasteiger partial charge in [-0.1, -0.05) is 26.3 Å². The van der Waals surface area contributed by atoms with Gasteiger partial charge in [-0.2, -0.15) is 5.10 Å². The molecule has 1 saturated carbocycles. The molecule has 2 fully saturated rings. The Morgan fingerprint density at radius 3 is 2.33 bits per heavy atom. The Labute approximate surface area is 239 Å². The van der Waals surface area contributed by atoms with Crippen molar-refractivity contribution in [2.75, 3.05) is 38.8 Å². The number of piperidine rings is 1. The molecule has 1 atom stereocenters. The molecule has 1 aromatic carbocycles. The number of methoxy groups -OCH3 is 2. The summed E-state index contributed by atoms with van der Waals surface area (Å²) < 4.78 is 13.5. The fourth-order valence-corrected chi connectivity index (χ4v) is 5.95. The minimum absolute atomic E-state index is 0.00578. The van der Waals surface area contributed by atoms with E-state index in [1.807, 2.05) is 28.9 Å². The smallest absolute Gasteiger partial charge is 0.222 e. The Morgan fingerprint density at radius 2 is 1.77 bits per heavy atom. The minimum Gasteiger partial charge on any atom is -0.496 e. The van der Waals surface area contributed by atoms with E-state index in [0.717, 1.165) is 69.4 Å². The molecule has 0 radical (unpaired) electrons. The lowest BCUT2D eigenvalue weighted by Gasteiger charge is -2.32. The van der Waals surface area contributed by atoms with E-state index in [1.165, 1.54) is 19.3 Å². The number of hydrogen-bond acceptors (Lipinski definition) is 6. The molecule has 4 rings (SSSR count). The minimum atomic E-state index is -0.294. The average Bonchev–Trinajstić information content (AvgIpc) is 3.38. The van der Waals surface area contributed by atoms with Crippen molar-refractivity contribution in [3.63, 3.8) is 0 Å². The van der Waals surface area contributed by atoms with Gasteiger partial charge in [0.15, 0.2) is 5.82 Å². The van der Waals surface area contributed by atoms with Crippen LogP contribution in [0.2, 0.25) is 0 Å². The fourth-order valence-electron chi connectivity index (χ4n) is 5.95. The second-order valence-electron chi connectivity index (χ2n) is 11.1. The van der Waals surface area contributed by atoms with E-state index >= 15 is 0 Å². The van der Waals surface area contributed by atoms with Gasteiger partial charge in [0.2, 0.25) is 12.3 Å². The van der Waals surface area contributed by atoms with Gasteiger partial charge in [-0.25, -0.2) is 0 Å². The molecule has 2 amide bonds. The van der Waals surface area contributed by atoms with Gasteiger partial charge in [-0.05, 0) is 76.6 Å². The highest BCUT2D eigenvalue weighted by Crippen LogP contribution is 2.41. The maximum Gasteiger partial charge on any atom is 0.222 e. The summed E-state index contributed by atoms with van der Waals surface area (Å²) in [5.74, 6) is 1.91. The van der Waals surface area contributed by atoms with Crippen LogP contribution in [0.5, 0.6) is 11.5 Å². The van der Waals surface area contributed by atoms with Crippen LogP contribution in [-0.4, -0.2) is 72.9 Å². The van der Waals surface area contributed by atoms with Gasteiger partial charge in [0.1, 0.15) is 11.5 Å². The van der Waals surface area contributed by atoms with Gasteiger partial charge in [0.25, 0.3) is 0 Å². The largest absolute Gasteiger partial charge is 0.496 e. The Bertz CT molecular complexity index is 1080. The Morgan fingerprint density at radius 1 is 1.10 bits per heavy atom. The van der Waals surface area contributed by atoms with E-state index < -0.39 is 0 Å². The number of aromatic nitrogens is 2. The third-order valence-corrected chi connectivity index (χ3v) is 8.59. The molecular weight excluding hydrogens is 506 g/mol. The summed E-state index contributed by atoms with van der Waals surface area (Å²) >= 11 is 0. The number of amides is 2. The second kappa shape index (κ2) is 14.5. The molecule has 0 unspecified atom stereocenters. The summed E-state index contributed by atoms with van der Waals surface area (Å²) in [6, 6.07) is 7.76. The van der Waals surface area contributed by atoms with E-state index in [2.05, 4.69) is 24.1 Å². The number of benzene rings is 1. The predicted octanol–water partition coefficient (Wildman–Crippen LogP) is 5.19. The number of carbonyl (C=O) groups excluding carboxylic acids is 2. The Hall–Kier alpha value is -3.07. The quantitative estimate of drug-likeness (QED) is 0.305. The molecule has 0 bridgehead atoms. The van der Waals surface area contributed by atoms with E-state index in [1.54, 1.807) is 19.1 Å². The molecule has 9 heteroatoms. The number of rotatable bonds is 15. The van der Waals surface area contributed by atoms with Crippen molar-refractivity contribution >= 4 is 18.1 Å². The van der Waals surface area contributed by atoms with Crippen LogP contribution in [0.1, 0.15) is 84.1 Å². The van der Waals surface area contributed by atoms with Crippen molar-refractivity contribution in [1.82, 2.24) is 20.0 Å². The van der Waals surface area contributed by atoms with Crippen LogP contribution in [-0.2, 0) is 9.59 Å². The summed E-state index contributed by atoms with van der Waals surface area (Å²) in [5, 5.41) is 8.19. The van der Waals surface area contributed by atoms with Crippen LogP contribution >= 0.6 is 0 Å². The molecule has 0 spiro atoms. The molecule has 220 valence electrons. The van der Waals surface area contributed by atoms with Crippen LogP contribution < -0.4 is 19.7 Å². The highest BCUT2D eigenvalue weighted by Gasteiger charge is 2.30. The molecule has 2 aliphatic rings. The summed E-state index contributed by atoms with van der Waals surface area (Å²) in [5.41, 5.74) is 1.63. The predicted molar refractivity (Wildman–Crippen MR) is 158 cm³/mol. The number of nitrogens with one attached hydrogen (secondary N) is 1. The lowest BCUT2D eigenvalue weighted by molar-refractivity contribution is -0.122. The number of hydrogen-bond donors (Lipinski definition) is 1. The molecule has 2 heterocycles. The zero-order valence-electron chi connectivity index (χ0n) is 24.7. The normalized spacial score (nSPS) is 16.8. The topological polar surface area (TPSA) is 88.9 Å². The van der Waals surface area contributed by atoms with E-state index in [4.69, 9.17) is 14.6 Å². The SMILES string of the molecule is CCC(CC)n1nc(N(C=O)[C@@H](CCN2CCCCC2)CC(=O)NC2CCC2)cc1-c1c(OC)cccc1OC. The van der Waals surface area contributed by atoms with Crippen molar-refractivity contribution in [2.24, 2.45) is 0 Å². The van der Waals surface area contributed by atoms with Crippen LogP contribution in [0.25, 0.3) is 11.3 Å². The van der Waals surface area contributed by atoms with Crippen molar-refractivity contribution in [3.8, 4) is 22.8 Å². The number of likely N-dealkylation sites (tertiary alicyclic amines) is 1. The third kappa shape index (κ3) is 6.97. The molecule has 1 aliphatic carbocycles. The summed E-state index contributed by atoms with van der Waals surface area (Å²) in [4.78, 5) is 30.0. The number of nitrogens with zero attached hydrogens (tertiary/aromatic N) is 4. The van der Waals surface area contributed by atoms with Crippen molar-refractivity contribution in [1.29, 1.82) is 0 Å². The zero-order chi connectivity index (χ0) is 28.5. The molecule has 1 aromatic heterocycles. The van der Waals surface area contributed by atoms with Crippen LogP contribution in [0.15, 0.2) is 24.3 Å². The molecule has 1 N–H and O–H groups in total. The molecule has 40 heavy (non-hydrogen) atoms. The van der Waals surface area contributed by atoms with E-state index in [0.29, 0.717) is 23.7 Å². The first kappa shape index (κ1) is 29.9. The summed E-state index contributed by atoms with van der Waals surface area (Å²) in [7, 11) is 3.29. The molecule has 1 saturated heterocycles. The average molecular weight is 554 g/mol. The number of ether oxygens (including phenoxy) is 2. The van der Waals surface area contributed by atoms with Crippen molar-refractivity contribution in [2.45, 2.75) is 96.2 Å². The van der Waals surface area contributed by atoms with Gasteiger partial charge in [0.05, 0.1) is 31.5 Å².